The van der Waals surface area contributed by atoms with Crippen molar-refractivity contribution in [2.24, 2.45) is 0 Å². The number of fused-ring (bicyclic) bond motifs is 1. The fourth-order valence-electron chi connectivity index (χ4n) is 2.14. The van der Waals surface area contributed by atoms with E-state index in [1.165, 1.54) is 17.0 Å². The summed E-state index contributed by atoms with van der Waals surface area (Å²) in [5.41, 5.74) is 0.870. The Balaban J connectivity index is 2.59. The summed E-state index contributed by atoms with van der Waals surface area (Å²) in [4.78, 5) is 25.4. The number of rotatable bonds is 2. The number of nitrogens with zero attached hydrogens (tertiary/aromatic N) is 1. The van der Waals surface area contributed by atoms with Crippen molar-refractivity contribution in [1.29, 1.82) is 0 Å². The third-order valence-electron chi connectivity index (χ3n) is 3.25. The number of carbonyl (C=O) groups is 2. The molecule has 0 unspecified atom stereocenters. The molecule has 7 heteroatoms. The van der Waals surface area contributed by atoms with E-state index in [-0.39, 0.29) is 23.1 Å². The minimum Gasteiger partial charge on any atom is -0.322 e. The molecule has 1 aromatic carbocycles. The van der Waals surface area contributed by atoms with Crippen molar-refractivity contribution in [3.05, 3.63) is 18.2 Å². The highest BCUT2D eigenvalue weighted by molar-refractivity contribution is 7.90. The van der Waals surface area contributed by atoms with E-state index < -0.39 is 15.9 Å². The number of amides is 2. The molecule has 0 fully saturated rings. The Bertz CT molecular complexity index is 682. The first-order valence-electron chi connectivity index (χ1n) is 6.22. The molecule has 1 aliphatic heterocycles. The average Bonchev–Trinajstić information content (AvgIpc) is 2.38. The largest absolute Gasteiger partial charge is 0.322 e. The highest BCUT2D eigenvalue weighted by Crippen LogP contribution is 2.34. The smallest absolute Gasteiger partial charge is 0.247 e. The van der Waals surface area contributed by atoms with E-state index in [0.29, 0.717) is 11.4 Å². The molecule has 0 aromatic heterocycles. The Morgan fingerprint density at radius 2 is 2.05 bits per heavy atom. The van der Waals surface area contributed by atoms with Crippen LogP contribution in [0.4, 0.5) is 11.4 Å². The fraction of sp³-hybridized carbons (Fsp3) is 0.385. The van der Waals surface area contributed by atoms with Crippen molar-refractivity contribution in [1.82, 2.24) is 0 Å². The van der Waals surface area contributed by atoms with Gasteiger partial charge in [-0.3, -0.25) is 14.5 Å². The SMILES string of the molecule is CCC(=O)N1c2ccc(S(C)(=O)=O)cc2NC(=O)[C@@H]1C. The molecule has 2 rings (SSSR count). The van der Waals surface area contributed by atoms with E-state index in [0.717, 1.165) is 6.26 Å². The number of hydrogen-bond acceptors (Lipinski definition) is 4. The lowest BCUT2D eigenvalue weighted by atomic mass is 10.1. The van der Waals surface area contributed by atoms with Crippen molar-refractivity contribution < 1.29 is 18.0 Å². The van der Waals surface area contributed by atoms with E-state index in [2.05, 4.69) is 5.32 Å². The van der Waals surface area contributed by atoms with E-state index in [9.17, 15) is 18.0 Å². The second-order valence-electron chi connectivity index (χ2n) is 4.73. The molecule has 6 nitrogen and oxygen atoms in total. The van der Waals surface area contributed by atoms with E-state index >= 15 is 0 Å². The lowest BCUT2D eigenvalue weighted by Gasteiger charge is -2.34. The van der Waals surface area contributed by atoms with Gasteiger partial charge in [-0.05, 0) is 25.1 Å². The molecule has 20 heavy (non-hydrogen) atoms. The van der Waals surface area contributed by atoms with Gasteiger partial charge in [-0.2, -0.15) is 0 Å². The minimum atomic E-state index is -3.37. The molecule has 0 spiro atoms. The second-order valence-corrected chi connectivity index (χ2v) is 6.75. The van der Waals surface area contributed by atoms with Crippen LogP contribution in [-0.2, 0) is 19.4 Å². The Kier molecular flexibility index (Phi) is 3.56. The summed E-state index contributed by atoms with van der Waals surface area (Å²) in [6.07, 6.45) is 1.36. The standard InChI is InChI=1S/C13H16N2O4S/c1-4-12(16)15-8(2)13(17)14-10-7-9(20(3,18)19)5-6-11(10)15/h5-8H,4H2,1-3H3,(H,14,17)/t8-/m0/s1. The maximum atomic E-state index is 12.0. The average molecular weight is 296 g/mol. The summed E-state index contributed by atoms with van der Waals surface area (Å²) in [5.74, 6) is -0.509. The molecular weight excluding hydrogens is 280 g/mol. The first-order valence-corrected chi connectivity index (χ1v) is 8.12. The molecule has 1 aromatic rings. The van der Waals surface area contributed by atoms with Gasteiger partial charge in [-0.1, -0.05) is 6.92 Å². The van der Waals surface area contributed by atoms with Gasteiger partial charge in [-0.15, -0.1) is 0 Å². The van der Waals surface area contributed by atoms with Crippen LogP contribution in [0, 0.1) is 0 Å². The summed E-state index contributed by atoms with van der Waals surface area (Å²) in [6.45, 7) is 3.35. The fourth-order valence-corrected chi connectivity index (χ4v) is 2.79. The number of carbonyl (C=O) groups excluding carboxylic acids is 2. The molecule has 0 radical (unpaired) electrons. The zero-order valence-corrected chi connectivity index (χ0v) is 12.3. The molecule has 1 heterocycles. The maximum Gasteiger partial charge on any atom is 0.247 e. The van der Waals surface area contributed by atoms with Crippen LogP contribution in [0.5, 0.6) is 0 Å². The number of anilines is 2. The first kappa shape index (κ1) is 14.5. The Labute approximate surface area is 117 Å². The van der Waals surface area contributed by atoms with Crippen molar-refractivity contribution in [2.75, 3.05) is 16.5 Å². The van der Waals surface area contributed by atoms with Gasteiger partial charge in [0.15, 0.2) is 9.84 Å². The highest BCUT2D eigenvalue weighted by atomic mass is 32.2. The van der Waals surface area contributed by atoms with Crippen LogP contribution in [0.15, 0.2) is 23.1 Å². The van der Waals surface area contributed by atoms with Crippen LogP contribution in [0.25, 0.3) is 0 Å². The third kappa shape index (κ3) is 2.40. The molecular formula is C13H16N2O4S. The van der Waals surface area contributed by atoms with Gasteiger partial charge < -0.3 is 5.32 Å². The predicted octanol–water partition coefficient (Wildman–Crippen LogP) is 1.17. The summed E-state index contributed by atoms with van der Waals surface area (Å²) >= 11 is 0. The van der Waals surface area contributed by atoms with Crippen molar-refractivity contribution >= 4 is 33.0 Å². The van der Waals surface area contributed by atoms with Gasteiger partial charge in [-0.25, -0.2) is 8.42 Å². The van der Waals surface area contributed by atoms with Crippen LogP contribution >= 0.6 is 0 Å². The van der Waals surface area contributed by atoms with Gasteiger partial charge in [0.2, 0.25) is 11.8 Å². The van der Waals surface area contributed by atoms with Crippen LogP contribution in [-0.4, -0.2) is 32.5 Å². The molecule has 0 saturated heterocycles. The van der Waals surface area contributed by atoms with E-state index in [4.69, 9.17) is 0 Å². The van der Waals surface area contributed by atoms with Crippen LogP contribution < -0.4 is 10.2 Å². The minimum absolute atomic E-state index is 0.106. The molecule has 0 aliphatic carbocycles. The highest BCUT2D eigenvalue weighted by Gasteiger charge is 2.33. The maximum absolute atomic E-state index is 12.0. The molecule has 2 amide bonds. The number of nitrogens with one attached hydrogen (secondary N) is 1. The Hall–Kier alpha value is -1.89. The molecule has 1 N–H and O–H groups in total. The lowest BCUT2D eigenvalue weighted by Crippen LogP contribution is -2.49. The summed E-state index contributed by atoms with van der Waals surface area (Å²) in [5, 5.41) is 2.63. The summed E-state index contributed by atoms with van der Waals surface area (Å²) in [6, 6.07) is 3.76. The number of sulfone groups is 1. The van der Waals surface area contributed by atoms with Crippen molar-refractivity contribution in [2.45, 2.75) is 31.2 Å². The second kappa shape index (κ2) is 4.90. The zero-order valence-electron chi connectivity index (χ0n) is 11.5. The topological polar surface area (TPSA) is 83.6 Å². The molecule has 108 valence electrons. The molecule has 0 bridgehead atoms. The van der Waals surface area contributed by atoms with Crippen LogP contribution in [0.2, 0.25) is 0 Å². The van der Waals surface area contributed by atoms with Gasteiger partial charge in [0.1, 0.15) is 6.04 Å². The third-order valence-corrected chi connectivity index (χ3v) is 4.36. The quantitative estimate of drug-likeness (QED) is 0.888. The summed E-state index contributed by atoms with van der Waals surface area (Å²) < 4.78 is 23.1. The normalized spacial score (nSPS) is 18.4. The van der Waals surface area contributed by atoms with Gasteiger partial charge in [0.05, 0.1) is 16.3 Å². The summed E-state index contributed by atoms with van der Waals surface area (Å²) in [7, 11) is -3.37. The Morgan fingerprint density at radius 3 is 2.60 bits per heavy atom. The first-order chi connectivity index (χ1) is 9.25. The van der Waals surface area contributed by atoms with E-state index in [1.807, 2.05) is 0 Å². The molecule has 1 atom stereocenters. The predicted molar refractivity (Wildman–Crippen MR) is 75.4 cm³/mol. The van der Waals surface area contributed by atoms with Crippen molar-refractivity contribution in [3.8, 4) is 0 Å². The van der Waals surface area contributed by atoms with Crippen LogP contribution in [0.3, 0.4) is 0 Å². The van der Waals surface area contributed by atoms with E-state index in [1.54, 1.807) is 19.9 Å². The van der Waals surface area contributed by atoms with Gasteiger partial charge in [0.25, 0.3) is 0 Å². The number of hydrogen-bond donors (Lipinski definition) is 1. The Morgan fingerprint density at radius 1 is 1.40 bits per heavy atom. The molecule has 1 aliphatic rings. The van der Waals surface area contributed by atoms with Crippen molar-refractivity contribution in [3.63, 3.8) is 0 Å². The molecule has 0 saturated carbocycles. The zero-order chi connectivity index (χ0) is 15.1. The van der Waals surface area contributed by atoms with Crippen LogP contribution in [0.1, 0.15) is 20.3 Å². The van der Waals surface area contributed by atoms with Gasteiger partial charge >= 0.3 is 0 Å². The number of benzene rings is 1. The lowest BCUT2D eigenvalue weighted by molar-refractivity contribution is -0.123. The monoisotopic (exact) mass is 296 g/mol. The van der Waals surface area contributed by atoms with Gasteiger partial charge in [0, 0.05) is 12.7 Å².